The number of ether oxygens (including phenoxy) is 1. The van der Waals surface area contributed by atoms with E-state index in [9.17, 15) is 4.79 Å². The quantitative estimate of drug-likeness (QED) is 0.801. The van der Waals surface area contributed by atoms with Gasteiger partial charge in [-0.1, -0.05) is 0 Å². The highest BCUT2D eigenvalue weighted by Gasteiger charge is 2.19. The molecule has 1 aromatic rings. The first-order valence-corrected chi connectivity index (χ1v) is 6.43. The average molecular weight is 257 g/mol. The van der Waals surface area contributed by atoms with Crippen LogP contribution in [-0.2, 0) is 11.3 Å². The molecule has 0 unspecified atom stereocenters. The minimum absolute atomic E-state index is 0.186. The SMILES string of the molecule is CCOC(C)(C)CNC(=O)c1csc(CN)n1. The van der Waals surface area contributed by atoms with Crippen molar-refractivity contribution in [2.45, 2.75) is 32.9 Å². The maximum atomic E-state index is 11.8. The van der Waals surface area contributed by atoms with Crippen molar-refractivity contribution in [3.8, 4) is 0 Å². The molecule has 0 radical (unpaired) electrons. The van der Waals surface area contributed by atoms with E-state index in [1.807, 2.05) is 20.8 Å². The third-order valence-corrected chi connectivity index (χ3v) is 3.04. The van der Waals surface area contributed by atoms with Gasteiger partial charge in [-0.25, -0.2) is 4.98 Å². The van der Waals surface area contributed by atoms with Gasteiger partial charge in [0.1, 0.15) is 10.7 Å². The van der Waals surface area contributed by atoms with E-state index in [1.165, 1.54) is 11.3 Å². The number of amides is 1. The number of nitrogens with one attached hydrogen (secondary N) is 1. The van der Waals surface area contributed by atoms with Crippen LogP contribution in [0.1, 0.15) is 36.3 Å². The molecule has 1 rings (SSSR count). The number of aromatic nitrogens is 1. The lowest BCUT2D eigenvalue weighted by molar-refractivity contribution is -0.00818. The van der Waals surface area contributed by atoms with E-state index in [0.717, 1.165) is 5.01 Å². The Kier molecular flexibility index (Phi) is 5.04. The molecule has 1 heterocycles. The molecule has 0 saturated carbocycles. The predicted octanol–water partition coefficient (Wildman–Crippen LogP) is 1.15. The summed E-state index contributed by atoms with van der Waals surface area (Å²) in [5.74, 6) is -0.186. The van der Waals surface area contributed by atoms with Crippen molar-refractivity contribution >= 4 is 17.2 Å². The molecule has 0 atom stereocenters. The van der Waals surface area contributed by atoms with Crippen molar-refractivity contribution in [1.82, 2.24) is 10.3 Å². The third kappa shape index (κ3) is 4.41. The molecule has 0 aromatic carbocycles. The van der Waals surface area contributed by atoms with Crippen LogP contribution in [0.3, 0.4) is 0 Å². The van der Waals surface area contributed by atoms with Crippen molar-refractivity contribution in [2.24, 2.45) is 5.73 Å². The smallest absolute Gasteiger partial charge is 0.270 e. The zero-order valence-corrected chi connectivity index (χ0v) is 11.3. The fraction of sp³-hybridized carbons (Fsp3) is 0.636. The van der Waals surface area contributed by atoms with Gasteiger partial charge < -0.3 is 15.8 Å². The summed E-state index contributed by atoms with van der Waals surface area (Å²) in [6.07, 6.45) is 0. The minimum Gasteiger partial charge on any atom is -0.374 e. The first kappa shape index (κ1) is 14.1. The molecule has 0 bridgehead atoms. The van der Waals surface area contributed by atoms with Gasteiger partial charge in [-0.2, -0.15) is 0 Å². The summed E-state index contributed by atoms with van der Waals surface area (Å²) >= 11 is 1.39. The van der Waals surface area contributed by atoms with Crippen LogP contribution in [-0.4, -0.2) is 29.6 Å². The van der Waals surface area contributed by atoms with Gasteiger partial charge in [0.05, 0.1) is 5.60 Å². The van der Waals surface area contributed by atoms with Gasteiger partial charge in [0, 0.05) is 25.1 Å². The van der Waals surface area contributed by atoms with E-state index in [0.29, 0.717) is 25.4 Å². The second-order valence-electron chi connectivity index (χ2n) is 4.21. The normalized spacial score (nSPS) is 11.5. The van der Waals surface area contributed by atoms with Crippen LogP contribution in [0.2, 0.25) is 0 Å². The highest BCUT2D eigenvalue weighted by Crippen LogP contribution is 2.10. The van der Waals surface area contributed by atoms with Crippen LogP contribution in [0.15, 0.2) is 5.38 Å². The molecule has 3 N–H and O–H groups in total. The number of thiazole rings is 1. The first-order valence-electron chi connectivity index (χ1n) is 5.55. The Bertz CT molecular complexity index is 377. The number of rotatable bonds is 6. The third-order valence-electron chi connectivity index (χ3n) is 2.17. The molecule has 0 saturated heterocycles. The zero-order valence-electron chi connectivity index (χ0n) is 10.4. The Morgan fingerprint density at radius 3 is 2.88 bits per heavy atom. The Balaban J connectivity index is 2.49. The lowest BCUT2D eigenvalue weighted by Gasteiger charge is -2.24. The van der Waals surface area contributed by atoms with Crippen LogP contribution in [0.25, 0.3) is 0 Å². The number of carbonyl (C=O) groups excluding carboxylic acids is 1. The number of carbonyl (C=O) groups is 1. The van der Waals surface area contributed by atoms with E-state index in [-0.39, 0.29) is 11.5 Å². The molecule has 17 heavy (non-hydrogen) atoms. The van der Waals surface area contributed by atoms with Crippen molar-refractivity contribution in [2.75, 3.05) is 13.2 Å². The van der Waals surface area contributed by atoms with Crippen LogP contribution in [0.4, 0.5) is 0 Å². The monoisotopic (exact) mass is 257 g/mol. The predicted molar refractivity (Wildman–Crippen MR) is 68.0 cm³/mol. The molecule has 1 amide bonds. The molecule has 0 spiro atoms. The maximum absolute atomic E-state index is 11.8. The van der Waals surface area contributed by atoms with Crippen molar-refractivity contribution in [3.05, 3.63) is 16.1 Å². The van der Waals surface area contributed by atoms with E-state index >= 15 is 0 Å². The molecule has 96 valence electrons. The number of nitrogens with two attached hydrogens (primary N) is 1. The van der Waals surface area contributed by atoms with Gasteiger partial charge in [-0.05, 0) is 20.8 Å². The Morgan fingerprint density at radius 1 is 1.65 bits per heavy atom. The summed E-state index contributed by atoms with van der Waals surface area (Å²) in [4.78, 5) is 15.9. The van der Waals surface area contributed by atoms with Crippen LogP contribution >= 0.6 is 11.3 Å². The lowest BCUT2D eigenvalue weighted by Crippen LogP contribution is -2.40. The van der Waals surface area contributed by atoms with Crippen LogP contribution in [0.5, 0.6) is 0 Å². The maximum Gasteiger partial charge on any atom is 0.270 e. The van der Waals surface area contributed by atoms with Crippen LogP contribution in [0, 0.1) is 0 Å². The standard InChI is InChI=1S/C11H19N3O2S/c1-4-16-11(2,3)7-13-10(15)8-6-17-9(5-12)14-8/h6H,4-5,7,12H2,1-3H3,(H,13,15). The van der Waals surface area contributed by atoms with Gasteiger partial charge in [-0.3, -0.25) is 4.79 Å². The average Bonchev–Trinajstić information content (AvgIpc) is 2.74. The largest absolute Gasteiger partial charge is 0.374 e. The molecule has 6 heteroatoms. The van der Waals surface area contributed by atoms with Gasteiger partial charge in [0.2, 0.25) is 0 Å². The summed E-state index contributed by atoms with van der Waals surface area (Å²) in [5, 5.41) is 5.28. The van der Waals surface area contributed by atoms with E-state index in [1.54, 1.807) is 5.38 Å². The Morgan fingerprint density at radius 2 is 2.35 bits per heavy atom. The topological polar surface area (TPSA) is 77.2 Å². The van der Waals surface area contributed by atoms with Crippen LogP contribution < -0.4 is 11.1 Å². The van der Waals surface area contributed by atoms with E-state index in [2.05, 4.69) is 10.3 Å². The highest BCUT2D eigenvalue weighted by molar-refractivity contribution is 7.09. The van der Waals surface area contributed by atoms with Gasteiger partial charge >= 0.3 is 0 Å². The fourth-order valence-electron chi connectivity index (χ4n) is 1.33. The Labute approximate surface area is 105 Å². The van der Waals surface area contributed by atoms with E-state index < -0.39 is 0 Å². The summed E-state index contributed by atoms with van der Waals surface area (Å²) in [5.41, 5.74) is 5.50. The molecule has 1 aromatic heterocycles. The first-order chi connectivity index (χ1) is 7.98. The summed E-state index contributed by atoms with van der Waals surface area (Å²) in [7, 11) is 0. The fourth-order valence-corrected chi connectivity index (χ4v) is 1.99. The van der Waals surface area contributed by atoms with Crippen molar-refractivity contribution in [1.29, 1.82) is 0 Å². The summed E-state index contributed by atoms with van der Waals surface area (Å²) in [6, 6.07) is 0. The number of nitrogens with zero attached hydrogens (tertiary/aromatic N) is 1. The van der Waals surface area contributed by atoms with Crippen molar-refractivity contribution in [3.63, 3.8) is 0 Å². The van der Waals surface area contributed by atoms with E-state index in [4.69, 9.17) is 10.5 Å². The highest BCUT2D eigenvalue weighted by atomic mass is 32.1. The second-order valence-corrected chi connectivity index (χ2v) is 5.15. The minimum atomic E-state index is -0.364. The Hall–Kier alpha value is -0.980. The molecule has 0 aliphatic rings. The molecule has 0 aliphatic heterocycles. The second kappa shape index (κ2) is 6.09. The summed E-state index contributed by atoms with van der Waals surface area (Å²) < 4.78 is 5.49. The van der Waals surface area contributed by atoms with Gasteiger partial charge in [0.25, 0.3) is 5.91 Å². The number of hydrogen-bond donors (Lipinski definition) is 2. The number of hydrogen-bond acceptors (Lipinski definition) is 5. The molecular weight excluding hydrogens is 238 g/mol. The van der Waals surface area contributed by atoms with Gasteiger partial charge in [0.15, 0.2) is 0 Å². The lowest BCUT2D eigenvalue weighted by atomic mass is 10.1. The molecule has 0 fully saturated rings. The molecular formula is C11H19N3O2S. The van der Waals surface area contributed by atoms with Crippen molar-refractivity contribution < 1.29 is 9.53 Å². The summed E-state index contributed by atoms with van der Waals surface area (Å²) in [6.45, 7) is 7.23. The molecule has 5 nitrogen and oxygen atoms in total. The molecule has 0 aliphatic carbocycles. The zero-order chi connectivity index (χ0) is 12.9. The van der Waals surface area contributed by atoms with Gasteiger partial charge in [-0.15, -0.1) is 11.3 Å².